The third-order valence-electron chi connectivity index (χ3n) is 2.52. The quantitative estimate of drug-likeness (QED) is 0.346. The molecule has 1 N–H and O–H groups in total. The number of non-ortho nitro benzene ring substituents is 1. The highest BCUT2D eigenvalue weighted by Gasteiger charge is 2.11. The number of ether oxygens (including phenoxy) is 2. The van der Waals surface area contributed by atoms with Crippen LogP contribution >= 0.6 is 0 Å². The van der Waals surface area contributed by atoms with Gasteiger partial charge in [-0.2, -0.15) is 0 Å². The van der Waals surface area contributed by atoms with Crippen LogP contribution in [0.2, 0.25) is 0 Å². The lowest BCUT2D eigenvalue weighted by Crippen LogP contribution is -2.18. The van der Waals surface area contributed by atoms with Crippen LogP contribution in [0.1, 0.15) is 12.0 Å². The van der Waals surface area contributed by atoms with Gasteiger partial charge in [0.15, 0.2) is 0 Å². The molecule has 0 aliphatic heterocycles. The van der Waals surface area contributed by atoms with Crippen molar-refractivity contribution < 1.29 is 19.2 Å². The van der Waals surface area contributed by atoms with Crippen LogP contribution in [0.5, 0.6) is 5.75 Å². The lowest BCUT2D eigenvalue weighted by Gasteiger charge is -2.09. The summed E-state index contributed by atoms with van der Waals surface area (Å²) in [7, 11) is 2.82. The number of carbonyl (C=O) groups is 1. The molecule has 0 amide bonds. The standard InChI is InChI=1S/C12H16N2O5/c1-18-11-4-3-10(14(16)17)7-9(11)8-13-6-5-12(15)19-2/h3-4,7,13H,5-6,8H2,1-2H3. The molecule has 0 aliphatic rings. The molecular weight excluding hydrogens is 252 g/mol. The summed E-state index contributed by atoms with van der Waals surface area (Å²) in [5, 5.41) is 13.7. The molecule has 0 aliphatic carbocycles. The monoisotopic (exact) mass is 268 g/mol. The second-order valence-electron chi connectivity index (χ2n) is 3.76. The van der Waals surface area contributed by atoms with Crippen LogP contribution in [0.15, 0.2) is 18.2 Å². The number of rotatable bonds is 7. The number of nitro groups is 1. The van der Waals surface area contributed by atoms with Gasteiger partial charge >= 0.3 is 5.97 Å². The molecule has 0 unspecified atom stereocenters. The smallest absolute Gasteiger partial charge is 0.306 e. The second kappa shape index (κ2) is 7.32. The lowest BCUT2D eigenvalue weighted by atomic mass is 10.1. The zero-order valence-electron chi connectivity index (χ0n) is 10.8. The van der Waals surface area contributed by atoms with E-state index in [1.807, 2.05) is 0 Å². The number of nitro benzene ring substituents is 1. The zero-order valence-corrected chi connectivity index (χ0v) is 10.8. The molecular formula is C12H16N2O5. The van der Waals surface area contributed by atoms with E-state index in [2.05, 4.69) is 10.1 Å². The number of carbonyl (C=O) groups excluding carboxylic acids is 1. The zero-order chi connectivity index (χ0) is 14.3. The average molecular weight is 268 g/mol. The van der Waals surface area contributed by atoms with Crippen molar-refractivity contribution in [2.75, 3.05) is 20.8 Å². The van der Waals surface area contributed by atoms with Crippen molar-refractivity contribution in [2.45, 2.75) is 13.0 Å². The predicted octanol–water partition coefficient (Wildman–Crippen LogP) is 1.26. The second-order valence-corrected chi connectivity index (χ2v) is 3.76. The Morgan fingerprint density at radius 2 is 2.16 bits per heavy atom. The molecule has 1 rings (SSSR count). The van der Waals surface area contributed by atoms with Gasteiger partial charge in [-0.1, -0.05) is 0 Å². The third kappa shape index (κ3) is 4.55. The molecule has 104 valence electrons. The van der Waals surface area contributed by atoms with E-state index in [0.29, 0.717) is 24.4 Å². The first-order chi connectivity index (χ1) is 9.08. The minimum absolute atomic E-state index is 0.00516. The Kier molecular flexibility index (Phi) is 5.74. The Balaban J connectivity index is 2.62. The summed E-state index contributed by atoms with van der Waals surface area (Å²) in [6.07, 6.45) is 0.244. The maximum atomic E-state index is 10.9. The normalized spacial score (nSPS) is 10.0. The Morgan fingerprint density at radius 3 is 2.74 bits per heavy atom. The summed E-state index contributed by atoms with van der Waals surface area (Å²) in [4.78, 5) is 21.1. The molecule has 0 bridgehead atoms. The van der Waals surface area contributed by atoms with Crippen LogP contribution in [0.3, 0.4) is 0 Å². The van der Waals surface area contributed by atoms with Gasteiger partial charge in [-0.05, 0) is 6.07 Å². The molecule has 0 saturated heterocycles. The number of hydrogen-bond donors (Lipinski definition) is 1. The maximum Gasteiger partial charge on any atom is 0.306 e. The Bertz CT molecular complexity index is 461. The van der Waals surface area contributed by atoms with Crippen molar-refractivity contribution in [1.82, 2.24) is 5.32 Å². The van der Waals surface area contributed by atoms with E-state index in [1.165, 1.54) is 26.4 Å². The van der Waals surface area contributed by atoms with Crippen LogP contribution in [0.25, 0.3) is 0 Å². The molecule has 0 heterocycles. The van der Waals surface area contributed by atoms with E-state index in [9.17, 15) is 14.9 Å². The maximum absolute atomic E-state index is 10.9. The molecule has 0 atom stereocenters. The van der Waals surface area contributed by atoms with Gasteiger partial charge in [-0.3, -0.25) is 14.9 Å². The molecule has 19 heavy (non-hydrogen) atoms. The van der Waals surface area contributed by atoms with Crippen LogP contribution in [0, 0.1) is 10.1 Å². The average Bonchev–Trinajstić information content (AvgIpc) is 2.42. The largest absolute Gasteiger partial charge is 0.496 e. The number of nitrogens with zero attached hydrogens (tertiary/aromatic N) is 1. The number of benzene rings is 1. The molecule has 0 fully saturated rings. The SMILES string of the molecule is COC(=O)CCNCc1cc([N+](=O)[O-])ccc1OC. The van der Waals surface area contributed by atoms with Gasteiger partial charge in [-0.15, -0.1) is 0 Å². The fraction of sp³-hybridized carbons (Fsp3) is 0.417. The molecule has 1 aromatic carbocycles. The molecule has 7 heteroatoms. The highest BCUT2D eigenvalue weighted by molar-refractivity contribution is 5.69. The van der Waals surface area contributed by atoms with Crippen molar-refractivity contribution in [1.29, 1.82) is 0 Å². The van der Waals surface area contributed by atoms with E-state index < -0.39 is 4.92 Å². The van der Waals surface area contributed by atoms with Crippen molar-refractivity contribution in [2.24, 2.45) is 0 Å². The van der Waals surface area contributed by atoms with Gasteiger partial charge in [0.25, 0.3) is 5.69 Å². The van der Waals surface area contributed by atoms with Crippen LogP contribution in [0.4, 0.5) is 5.69 Å². The van der Waals surface area contributed by atoms with E-state index in [4.69, 9.17) is 4.74 Å². The molecule has 0 aromatic heterocycles. The Hall–Kier alpha value is -2.15. The summed E-state index contributed by atoms with van der Waals surface area (Å²) >= 11 is 0. The molecule has 7 nitrogen and oxygen atoms in total. The lowest BCUT2D eigenvalue weighted by molar-refractivity contribution is -0.384. The first-order valence-electron chi connectivity index (χ1n) is 5.67. The highest BCUT2D eigenvalue weighted by Crippen LogP contribution is 2.23. The van der Waals surface area contributed by atoms with Gasteiger partial charge in [-0.25, -0.2) is 0 Å². The van der Waals surface area contributed by atoms with Crippen molar-refractivity contribution in [3.8, 4) is 5.75 Å². The summed E-state index contributed by atoms with van der Waals surface area (Å²) in [6, 6.07) is 4.39. The summed E-state index contributed by atoms with van der Waals surface area (Å²) in [5.41, 5.74) is 0.673. The number of hydrogen-bond acceptors (Lipinski definition) is 6. The van der Waals surface area contributed by atoms with Gasteiger partial charge in [0.1, 0.15) is 5.75 Å². The van der Waals surface area contributed by atoms with Gasteiger partial charge in [0.05, 0.1) is 25.6 Å². The Morgan fingerprint density at radius 1 is 1.42 bits per heavy atom. The Labute approximate surface area is 110 Å². The van der Waals surface area contributed by atoms with Crippen LogP contribution in [-0.4, -0.2) is 31.7 Å². The summed E-state index contributed by atoms with van der Waals surface area (Å²) in [5.74, 6) is 0.259. The summed E-state index contributed by atoms with van der Waals surface area (Å²) in [6.45, 7) is 0.806. The van der Waals surface area contributed by atoms with Gasteiger partial charge in [0, 0.05) is 30.8 Å². The van der Waals surface area contributed by atoms with Crippen LogP contribution in [-0.2, 0) is 16.1 Å². The number of esters is 1. The fourth-order valence-corrected chi connectivity index (χ4v) is 1.53. The molecule has 0 spiro atoms. The first kappa shape index (κ1) is 14.9. The van der Waals surface area contributed by atoms with E-state index in [0.717, 1.165) is 0 Å². The van der Waals surface area contributed by atoms with Gasteiger partial charge in [0.2, 0.25) is 0 Å². The van der Waals surface area contributed by atoms with E-state index >= 15 is 0 Å². The van der Waals surface area contributed by atoms with E-state index in [-0.39, 0.29) is 18.1 Å². The molecule has 1 aromatic rings. The highest BCUT2D eigenvalue weighted by atomic mass is 16.6. The molecule has 0 saturated carbocycles. The van der Waals surface area contributed by atoms with E-state index in [1.54, 1.807) is 6.07 Å². The predicted molar refractivity (Wildman–Crippen MR) is 68.0 cm³/mol. The number of methoxy groups -OCH3 is 2. The van der Waals surface area contributed by atoms with Crippen molar-refractivity contribution in [3.63, 3.8) is 0 Å². The topological polar surface area (TPSA) is 90.7 Å². The minimum Gasteiger partial charge on any atom is -0.496 e. The summed E-state index contributed by atoms with van der Waals surface area (Å²) < 4.78 is 9.63. The minimum atomic E-state index is -0.461. The molecule has 0 radical (unpaired) electrons. The first-order valence-corrected chi connectivity index (χ1v) is 5.67. The number of nitrogens with one attached hydrogen (secondary N) is 1. The van der Waals surface area contributed by atoms with Crippen molar-refractivity contribution >= 4 is 11.7 Å². The fourth-order valence-electron chi connectivity index (χ4n) is 1.53. The van der Waals surface area contributed by atoms with Gasteiger partial charge < -0.3 is 14.8 Å². The third-order valence-corrected chi connectivity index (χ3v) is 2.52. The van der Waals surface area contributed by atoms with Crippen molar-refractivity contribution in [3.05, 3.63) is 33.9 Å². The van der Waals surface area contributed by atoms with Crippen LogP contribution < -0.4 is 10.1 Å².